The van der Waals surface area contributed by atoms with Crippen LogP contribution in [0, 0.1) is 0 Å². The second-order valence-corrected chi connectivity index (χ2v) is 3.73. The smallest absolute Gasteiger partial charge is 0.230 e. The zero-order valence-electron chi connectivity index (χ0n) is 9.21. The molecule has 16 heavy (non-hydrogen) atoms. The molecule has 0 amide bonds. The van der Waals surface area contributed by atoms with Crippen molar-refractivity contribution in [2.45, 2.75) is 13.0 Å². The highest BCUT2D eigenvalue weighted by molar-refractivity contribution is 5.97. The predicted molar refractivity (Wildman–Crippen MR) is 62.1 cm³/mol. The summed E-state index contributed by atoms with van der Waals surface area (Å²) in [7, 11) is 0. The quantitative estimate of drug-likeness (QED) is 0.565. The van der Waals surface area contributed by atoms with E-state index in [0.717, 1.165) is 5.56 Å². The number of carbonyl (C=O) groups excluding carboxylic acids is 1. The number of ketones is 1. The first kappa shape index (κ1) is 10.6. The molecule has 1 heterocycles. The summed E-state index contributed by atoms with van der Waals surface area (Å²) < 4.78 is 1.91. The van der Waals surface area contributed by atoms with Crippen LogP contribution >= 0.6 is 0 Å². The molecular formula is C14H14NO+. The van der Waals surface area contributed by atoms with Crippen molar-refractivity contribution < 1.29 is 9.36 Å². The molecule has 2 aromatic rings. The van der Waals surface area contributed by atoms with Crippen molar-refractivity contribution >= 4 is 5.78 Å². The van der Waals surface area contributed by atoms with Crippen LogP contribution in [0.1, 0.15) is 23.3 Å². The zero-order chi connectivity index (χ0) is 11.4. The molecule has 0 aliphatic rings. The molecule has 0 aliphatic heterocycles. The summed E-state index contributed by atoms with van der Waals surface area (Å²) in [5.41, 5.74) is 0.756. The number of rotatable bonds is 3. The molecule has 1 unspecified atom stereocenters. The van der Waals surface area contributed by atoms with E-state index in [9.17, 15) is 4.79 Å². The summed E-state index contributed by atoms with van der Waals surface area (Å²) >= 11 is 0. The van der Waals surface area contributed by atoms with Crippen LogP contribution in [0.15, 0.2) is 60.9 Å². The maximum absolute atomic E-state index is 12.1. The fourth-order valence-corrected chi connectivity index (χ4v) is 1.65. The molecule has 0 saturated heterocycles. The normalized spacial score (nSPS) is 12.1. The Bertz CT molecular complexity index is 465. The molecule has 0 aliphatic carbocycles. The minimum Gasteiger partial charge on any atom is -0.287 e. The molecule has 0 bridgehead atoms. The second-order valence-electron chi connectivity index (χ2n) is 3.73. The summed E-state index contributed by atoms with van der Waals surface area (Å²) in [5.74, 6) is 0.136. The summed E-state index contributed by atoms with van der Waals surface area (Å²) in [6.45, 7) is 1.91. The lowest BCUT2D eigenvalue weighted by atomic mass is 10.1. The fraction of sp³-hybridized carbons (Fsp3) is 0.143. The van der Waals surface area contributed by atoms with Crippen molar-refractivity contribution in [1.29, 1.82) is 0 Å². The molecule has 1 aromatic carbocycles. The number of aromatic nitrogens is 1. The van der Waals surface area contributed by atoms with Crippen molar-refractivity contribution in [3.05, 3.63) is 66.5 Å². The molecule has 1 atom stereocenters. The van der Waals surface area contributed by atoms with Crippen molar-refractivity contribution in [2.24, 2.45) is 0 Å². The molecule has 0 radical (unpaired) electrons. The van der Waals surface area contributed by atoms with Gasteiger partial charge in [0.25, 0.3) is 0 Å². The van der Waals surface area contributed by atoms with E-state index in [-0.39, 0.29) is 11.8 Å². The van der Waals surface area contributed by atoms with Crippen LogP contribution in [0.25, 0.3) is 0 Å². The highest BCUT2D eigenvalue weighted by Crippen LogP contribution is 2.07. The Morgan fingerprint density at radius 1 is 1.00 bits per heavy atom. The van der Waals surface area contributed by atoms with Crippen LogP contribution in [-0.2, 0) is 0 Å². The number of pyridine rings is 1. The van der Waals surface area contributed by atoms with Crippen LogP contribution in [-0.4, -0.2) is 5.78 Å². The molecule has 0 fully saturated rings. The Labute approximate surface area is 95.2 Å². The maximum Gasteiger partial charge on any atom is 0.230 e. The summed E-state index contributed by atoms with van der Waals surface area (Å²) in [5, 5.41) is 0. The molecule has 1 aromatic heterocycles. The van der Waals surface area contributed by atoms with Gasteiger partial charge in [-0.3, -0.25) is 4.79 Å². The van der Waals surface area contributed by atoms with Gasteiger partial charge in [-0.1, -0.05) is 36.4 Å². The molecule has 2 nitrogen and oxygen atoms in total. The lowest BCUT2D eigenvalue weighted by Crippen LogP contribution is -2.41. The van der Waals surface area contributed by atoms with E-state index < -0.39 is 0 Å². The standard InChI is InChI=1S/C14H14NO/c1-12(15-10-6-3-7-11-15)14(16)13-8-4-2-5-9-13/h2-12H,1H3/q+1. The third-order valence-electron chi connectivity index (χ3n) is 2.62. The molecule has 0 N–H and O–H groups in total. The first-order valence-electron chi connectivity index (χ1n) is 5.34. The van der Waals surface area contributed by atoms with Gasteiger partial charge in [-0.15, -0.1) is 0 Å². The van der Waals surface area contributed by atoms with Gasteiger partial charge in [0.1, 0.15) is 0 Å². The largest absolute Gasteiger partial charge is 0.287 e. The van der Waals surface area contributed by atoms with E-state index in [1.54, 1.807) is 0 Å². The molecule has 80 valence electrons. The number of hydrogen-bond acceptors (Lipinski definition) is 1. The number of hydrogen-bond donors (Lipinski definition) is 0. The topological polar surface area (TPSA) is 20.9 Å². The van der Waals surface area contributed by atoms with Gasteiger partial charge >= 0.3 is 0 Å². The first-order chi connectivity index (χ1) is 7.79. The van der Waals surface area contributed by atoms with Gasteiger partial charge in [-0.2, -0.15) is 4.57 Å². The Kier molecular flexibility index (Phi) is 3.10. The van der Waals surface area contributed by atoms with Crippen LogP contribution in [0.2, 0.25) is 0 Å². The van der Waals surface area contributed by atoms with E-state index in [4.69, 9.17) is 0 Å². The lowest BCUT2D eigenvalue weighted by Gasteiger charge is -2.05. The van der Waals surface area contributed by atoms with Gasteiger partial charge in [0.15, 0.2) is 12.4 Å². The molecule has 2 heteroatoms. The zero-order valence-corrected chi connectivity index (χ0v) is 9.21. The van der Waals surface area contributed by atoms with Crippen LogP contribution in [0.3, 0.4) is 0 Å². The maximum atomic E-state index is 12.1. The Morgan fingerprint density at radius 2 is 1.56 bits per heavy atom. The first-order valence-corrected chi connectivity index (χ1v) is 5.34. The van der Waals surface area contributed by atoms with Gasteiger partial charge in [-0.25, -0.2) is 0 Å². The summed E-state index contributed by atoms with van der Waals surface area (Å²) in [6.07, 6.45) is 3.82. The van der Waals surface area contributed by atoms with Gasteiger partial charge in [-0.05, 0) is 0 Å². The average molecular weight is 212 g/mol. The summed E-state index contributed by atoms with van der Waals surface area (Å²) in [6, 6.07) is 15.0. The molecule has 0 spiro atoms. The van der Waals surface area contributed by atoms with Crippen LogP contribution < -0.4 is 4.57 Å². The third kappa shape index (κ3) is 2.16. The monoisotopic (exact) mass is 212 g/mol. The van der Waals surface area contributed by atoms with E-state index >= 15 is 0 Å². The van der Waals surface area contributed by atoms with Crippen molar-refractivity contribution in [3.8, 4) is 0 Å². The van der Waals surface area contributed by atoms with Crippen molar-refractivity contribution in [3.63, 3.8) is 0 Å². The van der Waals surface area contributed by atoms with E-state index in [2.05, 4.69) is 0 Å². The highest BCUT2D eigenvalue weighted by Gasteiger charge is 2.22. The minimum atomic E-state index is -0.163. The number of benzene rings is 1. The fourth-order valence-electron chi connectivity index (χ4n) is 1.65. The van der Waals surface area contributed by atoms with E-state index in [0.29, 0.717) is 0 Å². The molecule has 2 rings (SSSR count). The highest BCUT2D eigenvalue weighted by atomic mass is 16.1. The van der Waals surface area contributed by atoms with Crippen molar-refractivity contribution in [2.75, 3.05) is 0 Å². The van der Waals surface area contributed by atoms with Crippen molar-refractivity contribution in [1.82, 2.24) is 0 Å². The SMILES string of the molecule is CC(C(=O)c1ccccc1)[n+]1ccccc1. The number of Topliss-reactive ketones (excluding diaryl/α,β-unsaturated/α-hetero) is 1. The number of carbonyl (C=O) groups is 1. The predicted octanol–water partition coefficient (Wildman–Crippen LogP) is 2.42. The van der Waals surface area contributed by atoms with Crippen LogP contribution in [0.5, 0.6) is 0 Å². The Morgan fingerprint density at radius 3 is 2.19 bits per heavy atom. The minimum absolute atomic E-state index is 0.136. The van der Waals surface area contributed by atoms with Crippen LogP contribution in [0.4, 0.5) is 0 Å². The van der Waals surface area contributed by atoms with Gasteiger partial charge < -0.3 is 0 Å². The van der Waals surface area contributed by atoms with Gasteiger partial charge in [0, 0.05) is 24.6 Å². The Balaban J connectivity index is 2.24. The van der Waals surface area contributed by atoms with E-state index in [1.165, 1.54) is 0 Å². The molecular weight excluding hydrogens is 198 g/mol. The summed E-state index contributed by atoms with van der Waals surface area (Å²) in [4.78, 5) is 12.1. The Hall–Kier alpha value is -1.96. The van der Waals surface area contributed by atoms with Gasteiger partial charge in [0.05, 0.1) is 0 Å². The molecule has 0 saturated carbocycles. The second kappa shape index (κ2) is 4.71. The third-order valence-corrected chi connectivity index (χ3v) is 2.62. The number of nitrogens with zero attached hydrogens (tertiary/aromatic N) is 1. The van der Waals surface area contributed by atoms with Gasteiger partial charge in [0.2, 0.25) is 11.8 Å². The lowest BCUT2D eigenvalue weighted by molar-refractivity contribution is -0.704. The van der Waals surface area contributed by atoms with E-state index in [1.807, 2.05) is 72.4 Å². The average Bonchev–Trinajstić information content (AvgIpc) is 2.39.